The predicted octanol–water partition coefficient (Wildman–Crippen LogP) is 1.16. The SMILES string of the molecule is COC(=O)COc1ccc([N+](=O)[O-])cc1OC. The van der Waals surface area contributed by atoms with Crippen LogP contribution >= 0.6 is 0 Å². The number of esters is 1. The summed E-state index contributed by atoms with van der Waals surface area (Å²) in [5.41, 5.74) is -0.118. The highest BCUT2D eigenvalue weighted by Crippen LogP contribution is 2.30. The molecule has 0 aliphatic rings. The van der Waals surface area contributed by atoms with Gasteiger partial charge in [0.2, 0.25) is 0 Å². The van der Waals surface area contributed by atoms with E-state index in [0.717, 1.165) is 0 Å². The Balaban J connectivity index is 2.85. The van der Waals surface area contributed by atoms with E-state index in [1.807, 2.05) is 0 Å². The molecule has 92 valence electrons. The summed E-state index contributed by atoms with van der Waals surface area (Å²) in [4.78, 5) is 20.8. The van der Waals surface area contributed by atoms with Gasteiger partial charge in [0, 0.05) is 6.07 Å². The van der Waals surface area contributed by atoms with Gasteiger partial charge >= 0.3 is 5.97 Å². The zero-order valence-corrected chi connectivity index (χ0v) is 9.34. The second kappa shape index (κ2) is 5.69. The van der Waals surface area contributed by atoms with Gasteiger partial charge in [0.1, 0.15) is 0 Å². The van der Waals surface area contributed by atoms with Gasteiger partial charge in [-0.1, -0.05) is 0 Å². The molecule has 1 rings (SSSR count). The Morgan fingerprint density at radius 3 is 2.59 bits per heavy atom. The highest BCUT2D eigenvalue weighted by Gasteiger charge is 2.13. The van der Waals surface area contributed by atoms with E-state index in [1.165, 1.54) is 32.4 Å². The number of benzene rings is 1. The molecule has 0 unspecified atom stereocenters. The lowest BCUT2D eigenvalue weighted by atomic mass is 10.3. The molecular formula is C10H11NO6. The summed E-state index contributed by atoms with van der Waals surface area (Å²) < 4.78 is 14.4. The number of nitrogens with zero attached hydrogens (tertiary/aromatic N) is 1. The van der Waals surface area contributed by atoms with E-state index < -0.39 is 10.9 Å². The monoisotopic (exact) mass is 241 g/mol. The fourth-order valence-electron chi connectivity index (χ4n) is 1.08. The summed E-state index contributed by atoms with van der Waals surface area (Å²) in [5, 5.41) is 10.5. The topological polar surface area (TPSA) is 87.9 Å². The van der Waals surface area contributed by atoms with Crippen LogP contribution in [0, 0.1) is 10.1 Å². The van der Waals surface area contributed by atoms with E-state index in [0.29, 0.717) is 0 Å². The van der Waals surface area contributed by atoms with E-state index in [1.54, 1.807) is 0 Å². The van der Waals surface area contributed by atoms with Crippen LogP contribution < -0.4 is 9.47 Å². The van der Waals surface area contributed by atoms with Gasteiger partial charge in [-0.15, -0.1) is 0 Å². The predicted molar refractivity (Wildman–Crippen MR) is 57.2 cm³/mol. The van der Waals surface area contributed by atoms with Crippen LogP contribution in [0.5, 0.6) is 11.5 Å². The number of rotatable bonds is 5. The number of methoxy groups -OCH3 is 2. The molecule has 0 atom stereocenters. The quantitative estimate of drug-likeness (QED) is 0.436. The van der Waals surface area contributed by atoms with Crippen molar-refractivity contribution in [3.05, 3.63) is 28.3 Å². The molecule has 1 aromatic rings. The summed E-state index contributed by atoms with van der Waals surface area (Å²) in [6.07, 6.45) is 0. The van der Waals surface area contributed by atoms with Crippen molar-refractivity contribution >= 4 is 11.7 Å². The van der Waals surface area contributed by atoms with Crippen LogP contribution in [0.1, 0.15) is 0 Å². The summed E-state index contributed by atoms with van der Waals surface area (Å²) in [6, 6.07) is 3.83. The Labute approximate surface area is 97.0 Å². The lowest BCUT2D eigenvalue weighted by Gasteiger charge is -2.09. The molecule has 17 heavy (non-hydrogen) atoms. The van der Waals surface area contributed by atoms with Crippen molar-refractivity contribution in [3.8, 4) is 11.5 Å². The first-order valence-corrected chi connectivity index (χ1v) is 4.60. The van der Waals surface area contributed by atoms with E-state index in [-0.39, 0.29) is 23.8 Å². The maximum atomic E-state index is 10.9. The van der Waals surface area contributed by atoms with E-state index in [2.05, 4.69) is 4.74 Å². The highest BCUT2D eigenvalue weighted by atomic mass is 16.6. The van der Waals surface area contributed by atoms with Gasteiger partial charge in [-0.25, -0.2) is 4.79 Å². The maximum Gasteiger partial charge on any atom is 0.343 e. The van der Waals surface area contributed by atoms with Gasteiger partial charge in [-0.3, -0.25) is 10.1 Å². The van der Waals surface area contributed by atoms with Gasteiger partial charge in [-0.2, -0.15) is 0 Å². The average molecular weight is 241 g/mol. The van der Waals surface area contributed by atoms with Crippen molar-refractivity contribution < 1.29 is 23.9 Å². The molecule has 7 nitrogen and oxygen atoms in total. The van der Waals surface area contributed by atoms with Crippen LogP contribution in [0.4, 0.5) is 5.69 Å². The highest BCUT2D eigenvalue weighted by molar-refractivity contribution is 5.71. The van der Waals surface area contributed by atoms with Crippen LogP contribution in [0.15, 0.2) is 18.2 Å². The number of non-ortho nitro benzene ring substituents is 1. The third-order valence-electron chi connectivity index (χ3n) is 1.93. The van der Waals surface area contributed by atoms with Crippen molar-refractivity contribution in [2.45, 2.75) is 0 Å². The van der Waals surface area contributed by atoms with Crippen molar-refractivity contribution in [1.29, 1.82) is 0 Å². The molecule has 0 aliphatic carbocycles. The summed E-state index contributed by atoms with van der Waals surface area (Å²) >= 11 is 0. The fourth-order valence-corrected chi connectivity index (χ4v) is 1.08. The molecule has 0 radical (unpaired) electrons. The first-order valence-electron chi connectivity index (χ1n) is 4.60. The number of carbonyl (C=O) groups is 1. The molecule has 1 aromatic carbocycles. The Hall–Kier alpha value is -2.31. The molecule has 0 N–H and O–H groups in total. The minimum absolute atomic E-state index is 0.118. The molecular weight excluding hydrogens is 230 g/mol. The summed E-state index contributed by atoms with van der Waals surface area (Å²) in [5.74, 6) is -0.128. The number of ether oxygens (including phenoxy) is 3. The normalized spacial score (nSPS) is 9.53. The molecule has 0 heterocycles. The second-order valence-corrected chi connectivity index (χ2v) is 2.96. The first-order chi connectivity index (χ1) is 8.08. The number of carbonyl (C=O) groups excluding carboxylic acids is 1. The molecule has 0 bridgehead atoms. The number of hydrogen-bond acceptors (Lipinski definition) is 6. The van der Waals surface area contributed by atoms with Gasteiger partial charge in [0.05, 0.1) is 25.2 Å². The zero-order valence-electron chi connectivity index (χ0n) is 9.34. The second-order valence-electron chi connectivity index (χ2n) is 2.96. The lowest BCUT2D eigenvalue weighted by molar-refractivity contribution is -0.384. The molecule has 7 heteroatoms. The molecule has 0 aliphatic heterocycles. The standard InChI is InChI=1S/C10H11NO6/c1-15-9-5-7(11(13)14)3-4-8(9)17-6-10(12)16-2/h3-5H,6H2,1-2H3. The number of nitro groups is 1. The van der Waals surface area contributed by atoms with Crippen molar-refractivity contribution in [2.24, 2.45) is 0 Å². The minimum atomic E-state index is -0.551. The number of nitro benzene ring substituents is 1. The lowest BCUT2D eigenvalue weighted by Crippen LogP contribution is -2.13. The molecule has 0 fully saturated rings. The largest absolute Gasteiger partial charge is 0.493 e. The Morgan fingerprint density at radius 1 is 1.35 bits per heavy atom. The van der Waals surface area contributed by atoms with Crippen LogP contribution in [0.25, 0.3) is 0 Å². The third kappa shape index (κ3) is 3.33. The smallest absolute Gasteiger partial charge is 0.343 e. The van der Waals surface area contributed by atoms with E-state index in [9.17, 15) is 14.9 Å². The molecule has 0 saturated heterocycles. The molecule has 0 aromatic heterocycles. The molecule has 0 saturated carbocycles. The van der Waals surface area contributed by atoms with Crippen LogP contribution in [0.2, 0.25) is 0 Å². The summed E-state index contributed by atoms with van der Waals surface area (Å²) in [6.45, 7) is -0.287. The van der Waals surface area contributed by atoms with Crippen LogP contribution in [-0.2, 0) is 9.53 Å². The van der Waals surface area contributed by atoms with Crippen molar-refractivity contribution in [2.75, 3.05) is 20.8 Å². The first kappa shape index (κ1) is 12.8. The van der Waals surface area contributed by atoms with Crippen molar-refractivity contribution in [1.82, 2.24) is 0 Å². The van der Waals surface area contributed by atoms with Gasteiger partial charge < -0.3 is 14.2 Å². The zero-order chi connectivity index (χ0) is 12.8. The van der Waals surface area contributed by atoms with Crippen LogP contribution in [0.3, 0.4) is 0 Å². The van der Waals surface area contributed by atoms with E-state index in [4.69, 9.17) is 9.47 Å². The average Bonchev–Trinajstić information content (AvgIpc) is 2.35. The number of hydrogen-bond donors (Lipinski definition) is 0. The molecule has 0 amide bonds. The Morgan fingerprint density at radius 2 is 2.06 bits per heavy atom. The van der Waals surface area contributed by atoms with Crippen LogP contribution in [-0.4, -0.2) is 31.7 Å². The van der Waals surface area contributed by atoms with Crippen molar-refractivity contribution in [3.63, 3.8) is 0 Å². The van der Waals surface area contributed by atoms with Gasteiger partial charge in [0.25, 0.3) is 5.69 Å². The molecule has 0 spiro atoms. The summed E-state index contributed by atoms with van der Waals surface area (Å²) in [7, 11) is 2.59. The van der Waals surface area contributed by atoms with Gasteiger partial charge in [-0.05, 0) is 6.07 Å². The third-order valence-corrected chi connectivity index (χ3v) is 1.93. The maximum absolute atomic E-state index is 10.9. The fraction of sp³-hybridized carbons (Fsp3) is 0.300. The van der Waals surface area contributed by atoms with Gasteiger partial charge in [0.15, 0.2) is 18.1 Å². The Bertz CT molecular complexity index is 431. The minimum Gasteiger partial charge on any atom is -0.493 e. The Kier molecular flexibility index (Phi) is 4.27. The van der Waals surface area contributed by atoms with E-state index >= 15 is 0 Å².